The summed E-state index contributed by atoms with van der Waals surface area (Å²) in [5.74, 6) is 0.826. The number of rotatable bonds is 11. The monoisotopic (exact) mass is 370 g/mol. The molecule has 26 heavy (non-hydrogen) atoms. The predicted octanol–water partition coefficient (Wildman–Crippen LogP) is 6.92. The number of ether oxygens (including phenoxy) is 1. The summed E-state index contributed by atoms with van der Waals surface area (Å²) in [5, 5.41) is 0.0702. The minimum absolute atomic E-state index is 0.0702. The molecule has 0 unspecified atom stereocenters. The average Bonchev–Trinajstić information content (AvgIpc) is 2.67. The first-order valence-electron chi connectivity index (χ1n) is 9.77. The Kier molecular flexibility index (Phi) is 9.33. The van der Waals surface area contributed by atoms with Crippen molar-refractivity contribution in [3.63, 3.8) is 0 Å². The van der Waals surface area contributed by atoms with Gasteiger partial charge in [-0.1, -0.05) is 51.7 Å². The molecule has 0 aliphatic heterocycles. The molecular formula is C23H30O2S. The third-order valence-electron chi connectivity index (χ3n) is 4.31. The summed E-state index contributed by atoms with van der Waals surface area (Å²) in [5.41, 5.74) is 2.06. The third-order valence-corrected chi connectivity index (χ3v) is 5.24. The second kappa shape index (κ2) is 11.8. The van der Waals surface area contributed by atoms with Crippen molar-refractivity contribution in [2.45, 2.75) is 63.7 Å². The van der Waals surface area contributed by atoms with Crippen LogP contribution in [0.3, 0.4) is 0 Å². The smallest absolute Gasteiger partial charge is 0.224 e. The van der Waals surface area contributed by atoms with Crippen LogP contribution in [0.1, 0.15) is 68.3 Å². The molecule has 2 rings (SSSR count). The Morgan fingerprint density at radius 1 is 0.846 bits per heavy atom. The first-order valence-corrected chi connectivity index (χ1v) is 10.6. The highest BCUT2D eigenvalue weighted by Gasteiger charge is 2.08. The van der Waals surface area contributed by atoms with Crippen LogP contribution in [0.4, 0.5) is 0 Å². The fraction of sp³-hybridized carbons (Fsp3) is 0.435. The number of carbonyl (C=O) groups excluding carboxylic acids is 1. The Balaban J connectivity index is 1.83. The molecule has 0 heterocycles. The molecule has 0 aliphatic carbocycles. The van der Waals surface area contributed by atoms with E-state index >= 15 is 0 Å². The number of hydrogen-bond donors (Lipinski definition) is 0. The van der Waals surface area contributed by atoms with Crippen LogP contribution in [-0.4, -0.2) is 11.7 Å². The lowest BCUT2D eigenvalue weighted by molar-refractivity contribution is 0.108. The van der Waals surface area contributed by atoms with E-state index in [4.69, 9.17) is 4.74 Å². The van der Waals surface area contributed by atoms with Gasteiger partial charge >= 0.3 is 0 Å². The molecule has 140 valence electrons. The van der Waals surface area contributed by atoms with Crippen molar-refractivity contribution in [2.24, 2.45) is 0 Å². The van der Waals surface area contributed by atoms with Gasteiger partial charge in [-0.25, -0.2) is 0 Å². The van der Waals surface area contributed by atoms with E-state index in [9.17, 15) is 4.79 Å². The van der Waals surface area contributed by atoms with Crippen LogP contribution < -0.4 is 4.74 Å². The number of benzene rings is 2. The number of hydrogen-bond acceptors (Lipinski definition) is 3. The molecule has 0 atom stereocenters. The summed E-state index contributed by atoms with van der Waals surface area (Å²) in [6.07, 6.45) is 8.40. The minimum Gasteiger partial charge on any atom is -0.494 e. The van der Waals surface area contributed by atoms with Gasteiger partial charge in [-0.15, -0.1) is 0 Å². The van der Waals surface area contributed by atoms with Gasteiger partial charge in [-0.05, 0) is 73.0 Å². The van der Waals surface area contributed by atoms with Gasteiger partial charge in [0.25, 0.3) is 0 Å². The summed E-state index contributed by atoms with van der Waals surface area (Å²) < 4.78 is 5.64. The molecule has 2 aromatic carbocycles. The van der Waals surface area contributed by atoms with E-state index in [1.807, 2.05) is 24.3 Å². The molecular weight excluding hydrogens is 340 g/mol. The van der Waals surface area contributed by atoms with E-state index in [1.165, 1.54) is 43.0 Å². The summed E-state index contributed by atoms with van der Waals surface area (Å²) >= 11 is 1.28. The van der Waals surface area contributed by atoms with Crippen molar-refractivity contribution in [1.29, 1.82) is 0 Å². The Morgan fingerprint density at radius 2 is 1.54 bits per heavy atom. The zero-order chi connectivity index (χ0) is 18.6. The second-order valence-electron chi connectivity index (χ2n) is 6.57. The highest BCUT2D eigenvalue weighted by molar-refractivity contribution is 8.14. The Hall–Kier alpha value is -1.74. The average molecular weight is 371 g/mol. The molecule has 0 amide bonds. The Bertz CT molecular complexity index is 647. The summed E-state index contributed by atoms with van der Waals surface area (Å²) in [7, 11) is 0. The zero-order valence-corrected chi connectivity index (χ0v) is 16.8. The predicted molar refractivity (Wildman–Crippen MR) is 111 cm³/mol. The van der Waals surface area contributed by atoms with Crippen LogP contribution in [0.2, 0.25) is 0 Å². The van der Waals surface area contributed by atoms with Crippen LogP contribution in [0, 0.1) is 0 Å². The van der Waals surface area contributed by atoms with E-state index in [1.54, 1.807) is 0 Å². The van der Waals surface area contributed by atoms with E-state index in [0.717, 1.165) is 36.5 Å². The van der Waals surface area contributed by atoms with Crippen molar-refractivity contribution in [1.82, 2.24) is 0 Å². The fourth-order valence-electron chi connectivity index (χ4n) is 2.67. The molecule has 0 saturated heterocycles. The van der Waals surface area contributed by atoms with E-state index in [-0.39, 0.29) is 5.12 Å². The summed E-state index contributed by atoms with van der Waals surface area (Å²) in [6, 6.07) is 15.8. The molecule has 0 saturated carbocycles. The van der Waals surface area contributed by atoms with Gasteiger partial charge in [0.1, 0.15) is 5.75 Å². The molecule has 2 nitrogen and oxygen atoms in total. The maximum absolute atomic E-state index is 12.4. The number of unbranched alkanes of at least 4 members (excludes halogenated alkanes) is 4. The van der Waals surface area contributed by atoms with Gasteiger partial charge in [0, 0.05) is 10.5 Å². The van der Waals surface area contributed by atoms with Gasteiger partial charge in [0.05, 0.1) is 6.61 Å². The van der Waals surface area contributed by atoms with Gasteiger partial charge in [-0.3, -0.25) is 4.79 Å². The van der Waals surface area contributed by atoms with Crippen molar-refractivity contribution in [3.8, 4) is 5.75 Å². The first kappa shape index (κ1) is 20.6. The van der Waals surface area contributed by atoms with Crippen molar-refractivity contribution in [3.05, 3.63) is 59.7 Å². The normalized spacial score (nSPS) is 10.7. The minimum atomic E-state index is 0.0702. The summed E-state index contributed by atoms with van der Waals surface area (Å²) in [6.45, 7) is 5.10. The third kappa shape index (κ3) is 7.25. The lowest BCUT2D eigenvalue weighted by Crippen LogP contribution is -1.98. The van der Waals surface area contributed by atoms with Gasteiger partial charge < -0.3 is 4.74 Å². The lowest BCUT2D eigenvalue weighted by atomic mass is 10.1. The van der Waals surface area contributed by atoms with Crippen molar-refractivity contribution >= 4 is 16.9 Å². The highest BCUT2D eigenvalue weighted by atomic mass is 32.2. The molecule has 0 radical (unpaired) electrons. The van der Waals surface area contributed by atoms with E-state index in [0.29, 0.717) is 5.56 Å². The molecule has 0 fully saturated rings. The molecule has 0 spiro atoms. The molecule has 0 aliphatic rings. The van der Waals surface area contributed by atoms with E-state index in [2.05, 4.69) is 38.1 Å². The Morgan fingerprint density at radius 3 is 2.19 bits per heavy atom. The zero-order valence-electron chi connectivity index (χ0n) is 16.0. The standard InChI is InChI=1S/C23H30O2S/c1-3-5-7-8-9-19-10-16-22(17-11-19)26-23(24)20-12-14-21(15-13-20)25-18-6-4-2/h10-17H,3-9,18H2,1-2H3. The molecule has 0 bridgehead atoms. The van der Waals surface area contributed by atoms with Crippen molar-refractivity contribution < 1.29 is 9.53 Å². The van der Waals surface area contributed by atoms with Crippen LogP contribution in [0.15, 0.2) is 53.4 Å². The largest absolute Gasteiger partial charge is 0.494 e. The number of aryl methyl sites for hydroxylation is 1. The highest BCUT2D eigenvalue weighted by Crippen LogP contribution is 2.25. The Labute approximate surface area is 162 Å². The van der Waals surface area contributed by atoms with E-state index < -0.39 is 0 Å². The fourth-order valence-corrected chi connectivity index (χ4v) is 3.41. The first-order chi connectivity index (χ1) is 12.7. The molecule has 3 heteroatoms. The number of thioether (sulfide) groups is 1. The SMILES string of the molecule is CCCCCCc1ccc(SC(=O)c2ccc(OCCCC)cc2)cc1. The molecule has 2 aromatic rings. The molecule has 0 N–H and O–H groups in total. The van der Waals surface area contributed by atoms with Crippen LogP contribution in [-0.2, 0) is 6.42 Å². The second-order valence-corrected chi connectivity index (χ2v) is 7.62. The summed E-state index contributed by atoms with van der Waals surface area (Å²) in [4.78, 5) is 13.4. The molecule has 0 aromatic heterocycles. The maximum Gasteiger partial charge on any atom is 0.224 e. The van der Waals surface area contributed by atoms with Gasteiger partial charge in [-0.2, -0.15) is 0 Å². The lowest BCUT2D eigenvalue weighted by Gasteiger charge is -2.07. The van der Waals surface area contributed by atoms with Crippen LogP contribution in [0.5, 0.6) is 5.75 Å². The number of carbonyl (C=O) groups is 1. The topological polar surface area (TPSA) is 26.3 Å². The van der Waals surface area contributed by atoms with Gasteiger partial charge in [0.2, 0.25) is 5.12 Å². The van der Waals surface area contributed by atoms with Crippen molar-refractivity contribution in [2.75, 3.05) is 6.61 Å². The quantitative estimate of drug-likeness (QED) is 0.317. The van der Waals surface area contributed by atoms with Gasteiger partial charge in [0.15, 0.2) is 0 Å². The van der Waals surface area contributed by atoms with Crippen LogP contribution in [0.25, 0.3) is 0 Å². The maximum atomic E-state index is 12.4. The van der Waals surface area contributed by atoms with Crippen LogP contribution >= 0.6 is 11.8 Å².